The largest absolute Gasteiger partial charge is 0.357 e. The lowest BCUT2D eigenvalue weighted by Gasteiger charge is -2.14. The average molecular weight is 308 g/mol. The van der Waals surface area contributed by atoms with Gasteiger partial charge in [-0.05, 0) is 44.6 Å². The lowest BCUT2D eigenvalue weighted by Crippen LogP contribution is -2.39. The fourth-order valence-electron chi connectivity index (χ4n) is 2.00. The maximum absolute atomic E-state index is 13.8. The Balaban J connectivity index is 2.76. The van der Waals surface area contributed by atoms with Gasteiger partial charge in [0.1, 0.15) is 5.82 Å². The molecule has 0 unspecified atom stereocenters. The van der Waals surface area contributed by atoms with Gasteiger partial charge in [-0.1, -0.05) is 19.9 Å². The van der Waals surface area contributed by atoms with Crippen LogP contribution in [0.15, 0.2) is 23.2 Å². The fraction of sp³-hybridized carbons (Fsp3) is 0.588. The van der Waals surface area contributed by atoms with E-state index in [2.05, 4.69) is 29.5 Å². The van der Waals surface area contributed by atoms with Crippen LogP contribution in [0, 0.1) is 11.7 Å². The Morgan fingerprint density at radius 1 is 1.27 bits per heavy atom. The van der Waals surface area contributed by atoms with Crippen LogP contribution in [0.25, 0.3) is 0 Å². The molecule has 0 radical (unpaired) electrons. The van der Waals surface area contributed by atoms with E-state index >= 15 is 0 Å². The summed E-state index contributed by atoms with van der Waals surface area (Å²) in [4.78, 5) is 6.52. The molecule has 124 valence electrons. The van der Waals surface area contributed by atoms with E-state index < -0.39 is 0 Å². The summed E-state index contributed by atoms with van der Waals surface area (Å²) in [5.74, 6) is 1.20. The molecular weight excluding hydrogens is 279 g/mol. The predicted octanol–water partition coefficient (Wildman–Crippen LogP) is 2.60. The zero-order valence-electron chi connectivity index (χ0n) is 14.4. The normalized spacial score (nSPS) is 12.1. The molecule has 0 aliphatic rings. The second-order valence-corrected chi connectivity index (χ2v) is 6.13. The van der Waals surface area contributed by atoms with Crippen LogP contribution in [0.2, 0.25) is 0 Å². The van der Waals surface area contributed by atoms with Crippen LogP contribution in [-0.2, 0) is 13.1 Å². The zero-order chi connectivity index (χ0) is 16.5. The van der Waals surface area contributed by atoms with Crippen molar-refractivity contribution in [2.45, 2.75) is 33.9 Å². The average Bonchev–Trinajstić information content (AvgIpc) is 2.44. The van der Waals surface area contributed by atoms with Gasteiger partial charge in [-0.3, -0.25) is 0 Å². The van der Waals surface area contributed by atoms with Crippen LogP contribution in [0.3, 0.4) is 0 Å². The molecule has 0 saturated heterocycles. The number of benzene rings is 1. The third kappa shape index (κ3) is 6.89. The topological polar surface area (TPSA) is 39.7 Å². The maximum Gasteiger partial charge on any atom is 0.191 e. The van der Waals surface area contributed by atoms with Gasteiger partial charge in [0.15, 0.2) is 5.96 Å². The highest BCUT2D eigenvalue weighted by molar-refractivity contribution is 5.79. The van der Waals surface area contributed by atoms with Crippen molar-refractivity contribution >= 4 is 5.96 Å². The molecule has 5 heteroatoms. The quantitative estimate of drug-likeness (QED) is 0.601. The summed E-state index contributed by atoms with van der Waals surface area (Å²) >= 11 is 0. The minimum absolute atomic E-state index is 0.161. The monoisotopic (exact) mass is 308 g/mol. The summed E-state index contributed by atoms with van der Waals surface area (Å²) < 4.78 is 13.8. The van der Waals surface area contributed by atoms with E-state index in [-0.39, 0.29) is 5.82 Å². The van der Waals surface area contributed by atoms with Crippen molar-refractivity contribution < 1.29 is 4.39 Å². The molecule has 4 nitrogen and oxygen atoms in total. The fourth-order valence-corrected chi connectivity index (χ4v) is 2.00. The summed E-state index contributed by atoms with van der Waals surface area (Å²) in [6.45, 7) is 9.18. The lowest BCUT2D eigenvalue weighted by atomic mass is 10.1. The molecule has 0 atom stereocenters. The van der Waals surface area contributed by atoms with Crippen LogP contribution in [0.5, 0.6) is 0 Å². The Morgan fingerprint density at radius 2 is 2.00 bits per heavy atom. The Hall–Kier alpha value is -1.62. The smallest absolute Gasteiger partial charge is 0.191 e. The van der Waals surface area contributed by atoms with Gasteiger partial charge in [0, 0.05) is 25.2 Å². The van der Waals surface area contributed by atoms with E-state index in [4.69, 9.17) is 0 Å². The van der Waals surface area contributed by atoms with E-state index in [0.717, 1.165) is 24.6 Å². The molecule has 0 aliphatic heterocycles. The standard InChI is InChI=1S/C17H29FN4/c1-6-19-17(20-10-13(2)3)21-11-14-7-8-16(18)15(9-14)12-22(4)5/h7-9,13H,6,10-12H2,1-5H3,(H2,19,20,21). The molecule has 1 aromatic carbocycles. The Morgan fingerprint density at radius 3 is 2.59 bits per heavy atom. The second kappa shape index (κ2) is 9.41. The highest BCUT2D eigenvalue weighted by Gasteiger charge is 2.05. The summed E-state index contributed by atoms with van der Waals surface area (Å²) in [5.41, 5.74) is 1.72. The minimum Gasteiger partial charge on any atom is -0.357 e. The highest BCUT2D eigenvalue weighted by atomic mass is 19.1. The van der Waals surface area contributed by atoms with Crippen molar-refractivity contribution in [1.29, 1.82) is 0 Å². The minimum atomic E-state index is -0.161. The van der Waals surface area contributed by atoms with Gasteiger partial charge in [-0.15, -0.1) is 0 Å². The summed E-state index contributed by atoms with van der Waals surface area (Å²) in [6.07, 6.45) is 0. The molecule has 0 bridgehead atoms. The summed E-state index contributed by atoms with van der Waals surface area (Å²) in [7, 11) is 3.87. The molecule has 1 aromatic rings. The first-order chi connectivity index (χ1) is 10.4. The molecule has 0 heterocycles. The summed E-state index contributed by atoms with van der Waals surface area (Å²) in [6, 6.07) is 5.22. The number of halogens is 1. The molecule has 0 aliphatic carbocycles. The molecule has 1 rings (SSSR count). The van der Waals surface area contributed by atoms with Crippen molar-refractivity contribution in [1.82, 2.24) is 15.5 Å². The van der Waals surface area contributed by atoms with E-state index in [9.17, 15) is 4.39 Å². The lowest BCUT2D eigenvalue weighted by molar-refractivity contribution is 0.392. The van der Waals surface area contributed by atoms with Crippen molar-refractivity contribution in [2.24, 2.45) is 10.9 Å². The molecule has 0 spiro atoms. The molecule has 0 fully saturated rings. The Kier molecular flexibility index (Phi) is 7.88. The third-order valence-corrected chi connectivity index (χ3v) is 3.04. The predicted molar refractivity (Wildman–Crippen MR) is 91.4 cm³/mol. The van der Waals surface area contributed by atoms with E-state index in [0.29, 0.717) is 24.6 Å². The van der Waals surface area contributed by atoms with Gasteiger partial charge in [-0.2, -0.15) is 0 Å². The molecule has 22 heavy (non-hydrogen) atoms. The van der Waals surface area contributed by atoms with Crippen LogP contribution >= 0.6 is 0 Å². The van der Waals surface area contributed by atoms with Crippen LogP contribution in [0.1, 0.15) is 31.9 Å². The van der Waals surface area contributed by atoms with E-state index in [1.54, 1.807) is 6.07 Å². The van der Waals surface area contributed by atoms with Gasteiger partial charge in [0.2, 0.25) is 0 Å². The first-order valence-electron chi connectivity index (χ1n) is 7.86. The number of guanidine groups is 1. The number of rotatable bonds is 7. The van der Waals surface area contributed by atoms with Crippen molar-refractivity contribution in [2.75, 3.05) is 27.2 Å². The van der Waals surface area contributed by atoms with Gasteiger partial charge < -0.3 is 15.5 Å². The van der Waals surface area contributed by atoms with Crippen molar-refractivity contribution in [3.63, 3.8) is 0 Å². The number of hydrogen-bond acceptors (Lipinski definition) is 2. The zero-order valence-corrected chi connectivity index (χ0v) is 14.4. The molecule has 0 saturated carbocycles. The van der Waals surface area contributed by atoms with Crippen LogP contribution < -0.4 is 10.6 Å². The molecule has 2 N–H and O–H groups in total. The third-order valence-electron chi connectivity index (χ3n) is 3.04. The molecule has 0 aromatic heterocycles. The Bertz CT molecular complexity index is 484. The van der Waals surface area contributed by atoms with Crippen molar-refractivity contribution in [3.05, 3.63) is 35.1 Å². The first kappa shape index (κ1) is 18.4. The number of aliphatic imine (C=N–C) groups is 1. The summed E-state index contributed by atoms with van der Waals surface area (Å²) in [5, 5.41) is 6.53. The second-order valence-electron chi connectivity index (χ2n) is 6.13. The van der Waals surface area contributed by atoms with Crippen LogP contribution in [-0.4, -0.2) is 38.0 Å². The van der Waals surface area contributed by atoms with Crippen LogP contribution in [0.4, 0.5) is 4.39 Å². The van der Waals surface area contributed by atoms with Crippen molar-refractivity contribution in [3.8, 4) is 0 Å². The Labute approximate surface area is 133 Å². The molecular formula is C17H29FN4. The SMILES string of the molecule is CCNC(=NCc1ccc(F)c(CN(C)C)c1)NCC(C)C. The van der Waals surface area contributed by atoms with Gasteiger partial charge in [0.25, 0.3) is 0 Å². The first-order valence-corrected chi connectivity index (χ1v) is 7.86. The van der Waals surface area contributed by atoms with E-state index in [1.807, 2.05) is 32.0 Å². The highest BCUT2D eigenvalue weighted by Crippen LogP contribution is 2.13. The molecule has 0 amide bonds. The van der Waals surface area contributed by atoms with Gasteiger partial charge in [0.05, 0.1) is 6.54 Å². The van der Waals surface area contributed by atoms with Gasteiger partial charge in [-0.25, -0.2) is 9.38 Å². The van der Waals surface area contributed by atoms with Gasteiger partial charge >= 0.3 is 0 Å². The maximum atomic E-state index is 13.8. The number of hydrogen-bond donors (Lipinski definition) is 2. The number of nitrogens with one attached hydrogen (secondary N) is 2. The van der Waals surface area contributed by atoms with E-state index in [1.165, 1.54) is 6.07 Å². The number of nitrogens with zero attached hydrogens (tertiary/aromatic N) is 2.